The molecule has 0 fully saturated rings. The van der Waals surface area contributed by atoms with Crippen LogP contribution in [-0.2, 0) is 7.05 Å². The second-order valence-electron chi connectivity index (χ2n) is 10.4. The van der Waals surface area contributed by atoms with Gasteiger partial charge >= 0.3 is 6.18 Å². The maximum absolute atomic E-state index is 14.0. The highest BCUT2D eigenvalue weighted by Gasteiger charge is 2.35. The first kappa shape index (κ1) is 30.7. The lowest BCUT2D eigenvalue weighted by molar-refractivity contribution is -0.0889. The molecule has 11 heteroatoms. The van der Waals surface area contributed by atoms with Crippen molar-refractivity contribution in [1.29, 1.82) is 0 Å². The van der Waals surface area contributed by atoms with Crippen molar-refractivity contribution in [1.82, 2.24) is 20.4 Å². The molecule has 8 nitrogen and oxygen atoms in total. The van der Waals surface area contributed by atoms with Gasteiger partial charge in [0.15, 0.2) is 0 Å². The average Bonchev–Trinajstić information content (AvgIpc) is 3.11. The first-order valence-electron chi connectivity index (χ1n) is 13.0. The lowest BCUT2D eigenvalue weighted by atomic mass is 10.0. The molecule has 216 valence electrons. The SMILES string of the molecule is CC1=C(C(F)(F)F)C=C(NC(=O)c2ccc(C)c(N(N)/C=C(\N)c3cnn(C)c3C)c2)CC=C1CNCC(C)C. The topological polar surface area (TPSA) is 114 Å². The number of aromatic nitrogens is 2. The van der Waals surface area contributed by atoms with E-state index in [0.29, 0.717) is 36.0 Å². The molecule has 1 aromatic heterocycles. The smallest absolute Gasteiger partial charge is 0.397 e. The summed E-state index contributed by atoms with van der Waals surface area (Å²) in [5.41, 5.74) is 9.81. The second kappa shape index (κ2) is 12.6. The minimum absolute atomic E-state index is 0.137. The number of nitrogens with zero attached hydrogens (tertiary/aromatic N) is 3. The van der Waals surface area contributed by atoms with Crippen molar-refractivity contribution in [3.63, 3.8) is 0 Å². The lowest BCUT2D eigenvalue weighted by Crippen LogP contribution is -2.28. The van der Waals surface area contributed by atoms with Crippen LogP contribution in [0.3, 0.4) is 0 Å². The first-order valence-corrected chi connectivity index (χ1v) is 13.0. The van der Waals surface area contributed by atoms with Gasteiger partial charge in [-0.3, -0.25) is 14.5 Å². The van der Waals surface area contributed by atoms with E-state index in [2.05, 4.69) is 15.7 Å². The van der Waals surface area contributed by atoms with E-state index in [4.69, 9.17) is 11.6 Å². The van der Waals surface area contributed by atoms with Crippen LogP contribution < -0.4 is 27.2 Å². The third-order valence-electron chi connectivity index (χ3n) is 6.79. The van der Waals surface area contributed by atoms with Gasteiger partial charge in [0.2, 0.25) is 0 Å². The fourth-order valence-electron chi connectivity index (χ4n) is 4.30. The molecule has 0 bridgehead atoms. The number of carbonyl (C=O) groups is 1. The molecular weight excluding hydrogens is 519 g/mol. The minimum atomic E-state index is -4.57. The van der Waals surface area contributed by atoms with E-state index in [-0.39, 0.29) is 23.3 Å². The number of anilines is 1. The number of halogens is 3. The molecule has 0 unspecified atom stereocenters. The molecule has 1 aromatic carbocycles. The molecule has 0 atom stereocenters. The number of nitrogens with one attached hydrogen (secondary N) is 2. The van der Waals surface area contributed by atoms with E-state index in [1.165, 1.54) is 18.1 Å². The van der Waals surface area contributed by atoms with Crippen LogP contribution >= 0.6 is 0 Å². The molecule has 3 rings (SSSR count). The van der Waals surface area contributed by atoms with Crippen molar-refractivity contribution in [3.05, 3.63) is 87.5 Å². The van der Waals surface area contributed by atoms with Gasteiger partial charge in [-0.25, -0.2) is 5.84 Å². The van der Waals surface area contributed by atoms with Crippen molar-refractivity contribution in [3.8, 4) is 0 Å². The van der Waals surface area contributed by atoms with Crippen LogP contribution in [0.25, 0.3) is 5.70 Å². The van der Waals surface area contributed by atoms with Crippen molar-refractivity contribution < 1.29 is 18.0 Å². The van der Waals surface area contributed by atoms with Gasteiger partial charge in [0.05, 0.1) is 23.2 Å². The number of benzene rings is 1. The summed E-state index contributed by atoms with van der Waals surface area (Å²) < 4.78 is 43.6. The van der Waals surface area contributed by atoms with Crippen molar-refractivity contribution in [2.45, 2.75) is 47.2 Å². The molecule has 1 aliphatic rings. The standard InChI is InChI=1S/C29H38F3N7O/c1-17(2)13-35-14-22-9-10-23(12-25(19(22)4)29(30,31)32)37-28(40)21-8-7-18(3)27(11-21)39(34)16-26(33)24-15-36-38(6)20(24)5/h7-9,11-12,15-17,35H,10,13-14,33-34H2,1-6H3,(H,37,40)/b26-16-. The molecule has 0 radical (unpaired) electrons. The summed E-state index contributed by atoms with van der Waals surface area (Å²) in [5.74, 6) is 6.10. The van der Waals surface area contributed by atoms with E-state index < -0.39 is 17.7 Å². The van der Waals surface area contributed by atoms with Crippen LogP contribution in [0.5, 0.6) is 0 Å². The van der Waals surface area contributed by atoms with Crippen LogP contribution in [0.4, 0.5) is 18.9 Å². The second-order valence-corrected chi connectivity index (χ2v) is 10.4. The number of alkyl halides is 3. The highest BCUT2D eigenvalue weighted by molar-refractivity contribution is 5.96. The van der Waals surface area contributed by atoms with Crippen molar-refractivity contribution in [2.75, 3.05) is 18.1 Å². The molecule has 2 aromatic rings. The fraction of sp³-hybridized carbons (Fsp3) is 0.379. The fourth-order valence-corrected chi connectivity index (χ4v) is 4.30. The molecule has 0 saturated heterocycles. The largest absolute Gasteiger partial charge is 0.416 e. The van der Waals surface area contributed by atoms with E-state index in [1.54, 1.807) is 42.2 Å². The normalized spacial score (nSPS) is 14.7. The van der Waals surface area contributed by atoms with Crippen molar-refractivity contribution in [2.24, 2.45) is 24.5 Å². The summed E-state index contributed by atoms with van der Waals surface area (Å²) in [7, 11) is 1.80. The Kier molecular flexibility index (Phi) is 9.65. The zero-order valence-corrected chi connectivity index (χ0v) is 23.8. The first-order chi connectivity index (χ1) is 18.7. The quantitative estimate of drug-likeness (QED) is 0.262. The number of nitrogens with two attached hydrogens (primary N) is 2. The Hall–Kier alpha value is -3.83. The number of carbonyl (C=O) groups excluding carboxylic acids is 1. The van der Waals surface area contributed by atoms with Crippen LogP contribution in [0, 0.1) is 19.8 Å². The van der Waals surface area contributed by atoms with E-state index in [1.807, 2.05) is 27.7 Å². The highest BCUT2D eigenvalue weighted by Crippen LogP contribution is 2.34. The summed E-state index contributed by atoms with van der Waals surface area (Å²) >= 11 is 0. The Morgan fingerprint density at radius 2 is 1.95 bits per heavy atom. The zero-order valence-electron chi connectivity index (χ0n) is 23.8. The highest BCUT2D eigenvalue weighted by atomic mass is 19.4. The summed E-state index contributed by atoms with van der Waals surface area (Å²) in [5, 5.41) is 11.4. The van der Waals surface area contributed by atoms with Gasteiger partial charge in [-0.05, 0) is 68.2 Å². The van der Waals surface area contributed by atoms with Gasteiger partial charge < -0.3 is 16.4 Å². The number of amides is 1. The number of aryl methyl sites for hydroxylation is 2. The molecule has 6 N–H and O–H groups in total. The predicted molar refractivity (Wildman–Crippen MR) is 153 cm³/mol. The van der Waals surface area contributed by atoms with Crippen LogP contribution in [0.2, 0.25) is 0 Å². The Balaban J connectivity index is 1.85. The maximum atomic E-state index is 14.0. The number of allylic oxidation sites excluding steroid dienone is 3. The lowest BCUT2D eigenvalue weighted by Gasteiger charge is -2.19. The number of rotatable bonds is 9. The Morgan fingerprint density at radius 3 is 2.55 bits per heavy atom. The maximum Gasteiger partial charge on any atom is 0.416 e. The molecule has 0 saturated carbocycles. The third kappa shape index (κ3) is 7.42. The monoisotopic (exact) mass is 557 g/mol. The van der Waals surface area contributed by atoms with Crippen LogP contribution in [0.1, 0.15) is 54.4 Å². The average molecular weight is 558 g/mol. The summed E-state index contributed by atoms with van der Waals surface area (Å²) in [6.45, 7) is 10.2. The van der Waals surface area contributed by atoms with Crippen molar-refractivity contribution >= 4 is 17.3 Å². The number of hydrogen-bond donors (Lipinski definition) is 4. The Morgan fingerprint density at radius 1 is 1.25 bits per heavy atom. The van der Waals surface area contributed by atoms with Gasteiger partial charge in [-0.1, -0.05) is 26.0 Å². The number of hydrogen-bond acceptors (Lipinski definition) is 6. The molecule has 0 spiro atoms. The molecule has 1 aliphatic carbocycles. The number of hydrazine groups is 1. The summed E-state index contributed by atoms with van der Waals surface area (Å²) in [4.78, 5) is 13.2. The Bertz CT molecular complexity index is 1380. The predicted octanol–water partition coefficient (Wildman–Crippen LogP) is 4.74. The summed E-state index contributed by atoms with van der Waals surface area (Å²) in [6, 6.07) is 4.89. The van der Waals surface area contributed by atoms with Gasteiger partial charge in [-0.2, -0.15) is 18.3 Å². The molecule has 40 heavy (non-hydrogen) atoms. The molecule has 0 aliphatic heterocycles. The molecule has 1 amide bonds. The molecule has 1 heterocycles. The van der Waals surface area contributed by atoms with E-state index in [0.717, 1.165) is 22.9 Å². The Labute approximate surface area is 233 Å². The van der Waals surface area contributed by atoms with Gasteiger partial charge in [0, 0.05) is 48.7 Å². The summed E-state index contributed by atoms with van der Waals surface area (Å²) in [6.07, 6.45) is 1.49. The molecular formula is C29H38F3N7O. The zero-order chi connectivity index (χ0) is 29.8. The third-order valence-corrected chi connectivity index (χ3v) is 6.79. The van der Waals surface area contributed by atoms with Gasteiger partial charge in [0.25, 0.3) is 5.91 Å². The van der Waals surface area contributed by atoms with Gasteiger partial charge in [0.1, 0.15) is 0 Å². The minimum Gasteiger partial charge on any atom is -0.397 e. The van der Waals surface area contributed by atoms with Crippen LogP contribution in [0.15, 0.2) is 65.2 Å². The van der Waals surface area contributed by atoms with Crippen LogP contribution in [-0.4, -0.2) is 35.0 Å². The van der Waals surface area contributed by atoms with E-state index >= 15 is 0 Å². The van der Waals surface area contributed by atoms with Gasteiger partial charge in [-0.15, -0.1) is 0 Å². The van der Waals surface area contributed by atoms with E-state index in [9.17, 15) is 18.0 Å².